The van der Waals surface area contributed by atoms with E-state index < -0.39 is 7.60 Å². The first kappa shape index (κ1) is 17.2. The van der Waals surface area contributed by atoms with Crippen LogP contribution in [-0.2, 0) is 13.6 Å². The molecule has 1 fully saturated rings. The van der Waals surface area contributed by atoms with Crippen molar-refractivity contribution in [3.8, 4) is 0 Å². The Balaban J connectivity index is 2.31. The van der Waals surface area contributed by atoms with Crippen molar-refractivity contribution in [1.82, 2.24) is 5.32 Å². The summed E-state index contributed by atoms with van der Waals surface area (Å²) < 4.78 is 24.5. The molecule has 1 heterocycles. The highest BCUT2D eigenvalue weighted by Gasteiger charge is 2.50. The maximum Gasteiger partial charge on any atom is 0.348 e. The molecular weight excluding hydrogens is 285 g/mol. The van der Waals surface area contributed by atoms with Gasteiger partial charge in [0.1, 0.15) is 5.78 Å². The molecule has 0 bridgehead atoms. The van der Waals surface area contributed by atoms with Crippen LogP contribution in [0.2, 0.25) is 0 Å². The van der Waals surface area contributed by atoms with E-state index in [0.29, 0.717) is 13.2 Å². The Hall–Kier alpha value is -0.150. The van der Waals surface area contributed by atoms with Crippen LogP contribution in [0.3, 0.4) is 0 Å². The van der Waals surface area contributed by atoms with E-state index in [2.05, 4.69) is 31.3 Å². The predicted octanol–water partition coefficient (Wildman–Crippen LogP) is 4.47. The summed E-state index contributed by atoms with van der Waals surface area (Å²) in [4.78, 5) is 0. The van der Waals surface area contributed by atoms with Crippen molar-refractivity contribution in [2.75, 3.05) is 13.2 Å². The molecule has 0 aromatic carbocycles. The van der Waals surface area contributed by atoms with Gasteiger partial charge in [-0.3, -0.25) is 9.88 Å². The Morgan fingerprint density at radius 2 is 1.67 bits per heavy atom. The monoisotopic (exact) mass is 315 g/mol. The lowest BCUT2D eigenvalue weighted by Gasteiger charge is -2.48. The number of hydrogen-bond acceptors (Lipinski definition) is 4. The van der Waals surface area contributed by atoms with Gasteiger partial charge in [-0.2, -0.15) is 0 Å². The summed E-state index contributed by atoms with van der Waals surface area (Å²) in [6, 6.07) is 0. The molecule has 1 atom stereocenters. The SMILES string of the molecule is CCOP(=O)(OCC)C1NC2(C=CC1(C)C)CCCCC2. The molecule has 0 amide bonds. The molecule has 5 heteroatoms. The van der Waals surface area contributed by atoms with Crippen LogP contribution in [0.25, 0.3) is 0 Å². The minimum Gasteiger partial charge on any atom is -0.308 e. The maximum atomic E-state index is 13.3. The summed E-state index contributed by atoms with van der Waals surface area (Å²) in [6.07, 6.45) is 10.5. The average Bonchev–Trinajstić information content (AvgIpc) is 2.44. The van der Waals surface area contributed by atoms with E-state index in [1.807, 2.05) is 13.8 Å². The van der Waals surface area contributed by atoms with Gasteiger partial charge >= 0.3 is 7.60 Å². The highest BCUT2D eigenvalue weighted by Crippen LogP contribution is 2.60. The van der Waals surface area contributed by atoms with Gasteiger partial charge in [-0.25, -0.2) is 0 Å². The van der Waals surface area contributed by atoms with E-state index in [1.54, 1.807) is 0 Å². The smallest absolute Gasteiger partial charge is 0.308 e. The van der Waals surface area contributed by atoms with Crippen molar-refractivity contribution in [1.29, 1.82) is 0 Å². The normalized spacial score (nSPS) is 27.9. The van der Waals surface area contributed by atoms with Crippen LogP contribution in [0.4, 0.5) is 0 Å². The van der Waals surface area contributed by atoms with Gasteiger partial charge in [0.15, 0.2) is 0 Å². The van der Waals surface area contributed by atoms with E-state index in [4.69, 9.17) is 9.05 Å². The van der Waals surface area contributed by atoms with Gasteiger partial charge < -0.3 is 9.05 Å². The molecule has 0 aromatic heterocycles. The zero-order chi connectivity index (χ0) is 15.6. The third kappa shape index (κ3) is 3.61. The number of hydrogen-bond donors (Lipinski definition) is 1. The van der Waals surface area contributed by atoms with Crippen molar-refractivity contribution >= 4 is 7.60 Å². The fraction of sp³-hybridized carbons (Fsp3) is 0.875. The number of nitrogens with one attached hydrogen (secondary N) is 1. The van der Waals surface area contributed by atoms with E-state index in [-0.39, 0.29) is 16.7 Å². The molecular formula is C16H30NO3P. The van der Waals surface area contributed by atoms with Gasteiger partial charge in [0.05, 0.1) is 13.2 Å². The van der Waals surface area contributed by atoms with Gasteiger partial charge in [0.25, 0.3) is 0 Å². The van der Waals surface area contributed by atoms with Gasteiger partial charge in [0.2, 0.25) is 0 Å². The largest absolute Gasteiger partial charge is 0.348 e. The molecule has 0 radical (unpaired) electrons. The second kappa shape index (κ2) is 6.54. The predicted molar refractivity (Wildman–Crippen MR) is 86.5 cm³/mol. The van der Waals surface area contributed by atoms with Crippen LogP contribution in [0, 0.1) is 5.41 Å². The van der Waals surface area contributed by atoms with Crippen LogP contribution in [0.1, 0.15) is 59.8 Å². The van der Waals surface area contributed by atoms with E-state index in [0.717, 1.165) is 12.8 Å². The molecule has 2 rings (SSSR count). The first-order valence-corrected chi connectivity index (χ1v) is 9.85. The van der Waals surface area contributed by atoms with Gasteiger partial charge in [0, 0.05) is 11.0 Å². The van der Waals surface area contributed by atoms with Crippen LogP contribution in [0.5, 0.6) is 0 Å². The Labute approximate surface area is 129 Å². The quantitative estimate of drug-likeness (QED) is 0.601. The van der Waals surface area contributed by atoms with Crippen molar-refractivity contribution in [3.63, 3.8) is 0 Å². The Morgan fingerprint density at radius 1 is 1.10 bits per heavy atom. The van der Waals surface area contributed by atoms with Crippen molar-refractivity contribution in [3.05, 3.63) is 12.2 Å². The molecule has 122 valence electrons. The van der Waals surface area contributed by atoms with Crippen molar-refractivity contribution in [2.24, 2.45) is 5.41 Å². The molecule has 1 saturated carbocycles. The lowest BCUT2D eigenvalue weighted by Crippen LogP contribution is -2.57. The summed E-state index contributed by atoms with van der Waals surface area (Å²) in [6.45, 7) is 8.75. The minimum absolute atomic E-state index is 0.0255. The topological polar surface area (TPSA) is 47.6 Å². The van der Waals surface area contributed by atoms with E-state index >= 15 is 0 Å². The Kier molecular flexibility index (Phi) is 5.36. The summed E-state index contributed by atoms with van der Waals surface area (Å²) in [5.41, 5.74) is -0.273. The molecule has 0 saturated heterocycles. The minimum atomic E-state index is -3.17. The van der Waals surface area contributed by atoms with Gasteiger partial charge in [-0.1, -0.05) is 45.3 Å². The average molecular weight is 315 g/mol. The second-order valence-corrected chi connectivity index (χ2v) is 8.91. The Morgan fingerprint density at radius 3 is 2.19 bits per heavy atom. The van der Waals surface area contributed by atoms with Crippen LogP contribution in [-0.4, -0.2) is 24.5 Å². The molecule has 1 aliphatic carbocycles. The van der Waals surface area contributed by atoms with E-state index in [1.165, 1.54) is 19.3 Å². The van der Waals surface area contributed by atoms with Crippen LogP contribution in [0.15, 0.2) is 12.2 Å². The van der Waals surface area contributed by atoms with Gasteiger partial charge in [-0.15, -0.1) is 0 Å². The lowest BCUT2D eigenvalue weighted by molar-refractivity contribution is 0.157. The van der Waals surface area contributed by atoms with Crippen molar-refractivity contribution in [2.45, 2.75) is 71.1 Å². The first-order chi connectivity index (χ1) is 9.87. The Bertz CT molecular complexity index is 417. The fourth-order valence-electron chi connectivity index (χ4n) is 3.50. The fourth-order valence-corrected chi connectivity index (χ4v) is 5.91. The standard InChI is InChI=1S/C16H30NO3P/c1-5-19-21(18,20-6-2)14-15(3,4)12-13-16(17-14)10-8-7-9-11-16/h12-14,17H,5-11H2,1-4H3. The van der Waals surface area contributed by atoms with Crippen LogP contribution >= 0.6 is 7.60 Å². The number of rotatable bonds is 5. The molecule has 4 nitrogen and oxygen atoms in total. The van der Waals surface area contributed by atoms with Crippen LogP contribution < -0.4 is 5.32 Å². The molecule has 1 N–H and O–H groups in total. The maximum absolute atomic E-state index is 13.3. The highest BCUT2D eigenvalue weighted by molar-refractivity contribution is 7.54. The summed E-state index contributed by atoms with van der Waals surface area (Å²) in [5, 5.41) is 3.67. The third-order valence-electron chi connectivity index (χ3n) is 4.64. The summed E-state index contributed by atoms with van der Waals surface area (Å²) in [5.74, 6) is -0.284. The molecule has 0 aromatic rings. The molecule has 1 aliphatic heterocycles. The zero-order valence-electron chi connectivity index (χ0n) is 13.9. The molecule has 2 aliphatic rings. The third-order valence-corrected chi connectivity index (χ3v) is 7.30. The molecule has 21 heavy (non-hydrogen) atoms. The lowest BCUT2D eigenvalue weighted by atomic mass is 9.75. The van der Waals surface area contributed by atoms with Gasteiger partial charge in [-0.05, 0) is 26.7 Å². The van der Waals surface area contributed by atoms with E-state index in [9.17, 15) is 4.57 Å². The highest BCUT2D eigenvalue weighted by atomic mass is 31.2. The van der Waals surface area contributed by atoms with Crippen molar-refractivity contribution < 1.29 is 13.6 Å². The zero-order valence-corrected chi connectivity index (χ0v) is 14.7. The summed E-state index contributed by atoms with van der Waals surface area (Å²) >= 11 is 0. The molecule has 1 unspecified atom stereocenters. The second-order valence-electron chi connectivity index (χ2n) is 6.79. The first-order valence-electron chi connectivity index (χ1n) is 8.24. The summed E-state index contributed by atoms with van der Waals surface area (Å²) in [7, 11) is -3.17. The molecule has 1 spiro atoms.